The van der Waals surface area contributed by atoms with Crippen LogP contribution in [-0.2, 0) is 13.1 Å². The molecule has 2 aromatic rings. The number of halogens is 2. The maximum atomic E-state index is 13.4. The third-order valence-corrected chi connectivity index (χ3v) is 4.33. The first-order chi connectivity index (χ1) is 10.8. The number of hydrogen-bond acceptors (Lipinski definition) is 5. The molecule has 1 N–H and O–H groups in total. The fourth-order valence-corrected chi connectivity index (χ4v) is 3.52. The van der Waals surface area contributed by atoms with Crippen molar-refractivity contribution in [3.05, 3.63) is 26.4 Å². The number of hydrogen-bond donors (Lipinski definition) is 1. The zero-order valence-electron chi connectivity index (χ0n) is 12.3. The number of alkyl halides is 2. The molecule has 0 aliphatic carbocycles. The second-order valence-electron chi connectivity index (χ2n) is 4.64. The van der Waals surface area contributed by atoms with Crippen LogP contribution in [0.25, 0.3) is 10.2 Å². The molecule has 126 valence electrons. The van der Waals surface area contributed by atoms with Crippen LogP contribution in [-0.4, -0.2) is 20.4 Å². The number of nitrogens with zero attached hydrogens (tertiary/aromatic N) is 2. The highest BCUT2D eigenvalue weighted by Crippen LogP contribution is 2.41. The molecule has 0 saturated heterocycles. The number of thiophene rings is 1. The molecule has 0 aliphatic rings. The molecule has 0 aliphatic heterocycles. The molecule has 0 unspecified atom stereocenters. The van der Waals surface area contributed by atoms with Gasteiger partial charge in [-0.05, 0) is 13.3 Å². The van der Waals surface area contributed by atoms with Crippen LogP contribution in [0.3, 0.4) is 0 Å². The molecule has 0 bridgehead atoms. The lowest BCUT2D eigenvalue weighted by atomic mass is 10.2. The van der Waals surface area contributed by atoms with Crippen LogP contribution in [0.4, 0.5) is 13.6 Å². The second-order valence-corrected chi connectivity index (χ2v) is 5.60. The predicted octanol–water partition coefficient (Wildman–Crippen LogP) is 2.65. The van der Waals surface area contributed by atoms with Gasteiger partial charge < -0.3 is 9.84 Å². The summed E-state index contributed by atoms with van der Waals surface area (Å²) in [6.45, 7) is 3.60. The third kappa shape index (κ3) is 2.85. The fraction of sp³-hybridized carbons (Fsp3) is 0.462. The first kappa shape index (κ1) is 17.1. The summed E-state index contributed by atoms with van der Waals surface area (Å²) in [5.74, 6) is 0. The van der Waals surface area contributed by atoms with Crippen molar-refractivity contribution in [2.75, 3.05) is 0 Å². The molecule has 0 spiro atoms. The minimum atomic E-state index is -3.11. The van der Waals surface area contributed by atoms with Gasteiger partial charge in [0.1, 0.15) is 4.83 Å². The number of fused-ring (bicyclic) bond motifs is 1. The molecule has 0 amide bonds. The smallest absolute Gasteiger partial charge is 0.449 e. The van der Waals surface area contributed by atoms with Crippen molar-refractivity contribution < 1.29 is 23.4 Å². The minimum Gasteiger partial charge on any atom is -0.449 e. The maximum absolute atomic E-state index is 13.4. The first-order valence-corrected chi connectivity index (χ1v) is 7.64. The quantitative estimate of drug-likeness (QED) is 0.839. The molecular weight excluding hydrogens is 334 g/mol. The zero-order chi connectivity index (χ0) is 17.3. The highest BCUT2D eigenvalue weighted by Gasteiger charge is 2.28. The average Bonchev–Trinajstić information content (AvgIpc) is 2.82. The Labute approximate surface area is 132 Å². The normalized spacial score (nSPS) is 11.3. The maximum Gasteiger partial charge on any atom is 0.512 e. The van der Waals surface area contributed by atoms with E-state index in [4.69, 9.17) is 5.11 Å². The molecule has 23 heavy (non-hydrogen) atoms. The van der Waals surface area contributed by atoms with Crippen molar-refractivity contribution >= 4 is 27.7 Å². The summed E-state index contributed by atoms with van der Waals surface area (Å²) in [5.41, 5.74) is -2.26. The Hall–Kier alpha value is -2.23. The van der Waals surface area contributed by atoms with E-state index in [-0.39, 0.29) is 23.3 Å². The molecule has 7 nitrogen and oxygen atoms in total. The zero-order valence-corrected chi connectivity index (χ0v) is 13.2. The van der Waals surface area contributed by atoms with Crippen LogP contribution in [0.2, 0.25) is 0 Å². The van der Waals surface area contributed by atoms with Gasteiger partial charge in [0.25, 0.3) is 12.0 Å². The van der Waals surface area contributed by atoms with E-state index in [9.17, 15) is 23.2 Å². The predicted molar refractivity (Wildman–Crippen MR) is 79.9 cm³/mol. The molecule has 0 atom stereocenters. The third-order valence-electron chi connectivity index (χ3n) is 3.22. The van der Waals surface area contributed by atoms with Gasteiger partial charge in [0.2, 0.25) is 0 Å². The van der Waals surface area contributed by atoms with Gasteiger partial charge in [-0.25, -0.2) is 18.4 Å². The molecule has 0 saturated carbocycles. The largest absolute Gasteiger partial charge is 0.512 e. The lowest BCUT2D eigenvalue weighted by Gasteiger charge is -2.09. The van der Waals surface area contributed by atoms with Gasteiger partial charge in [0, 0.05) is 13.1 Å². The van der Waals surface area contributed by atoms with Crippen LogP contribution in [0, 0.1) is 0 Å². The fourth-order valence-electron chi connectivity index (χ4n) is 2.32. The summed E-state index contributed by atoms with van der Waals surface area (Å²) < 4.78 is 33.2. The Kier molecular flexibility index (Phi) is 4.83. The topological polar surface area (TPSA) is 90.5 Å². The molecule has 0 aromatic carbocycles. The van der Waals surface area contributed by atoms with E-state index >= 15 is 0 Å². The molecule has 10 heteroatoms. The van der Waals surface area contributed by atoms with Gasteiger partial charge in [-0.3, -0.25) is 13.9 Å². The number of ether oxygens (including phenoxy) is 1. The average molecular weight is 348 g/mol. The Bertz CT molecular complexity index is 868. The molecule has 2 aromatic heterocycles. The Morgan fingerprint density at radius 2 is 1.96 bits per heavy atom. The summed E-state index contributed by atoms with van der Waals surface area (Å²) in [7, 11) is 0. The van der Waals surface area contributed by atoms with Gasteiger partial charge in [-0.2, -0.15) is 0 Å². The monoisotopic (exact) mass is 348 g/mol. The van der Waals surface area contributed by atoms with E-state index in [0.717, 1.165) is 9.13 Å². The second kappa shape index (κ2) is 6.49. The van der Waals surface area contributed by atoms with Crippen LogP contribution < -0.4 is 16.0 Å². The number of carbonyl (C=O) groups is 1. The molecule has 2 heterocycles. The van der Waals surface area contributed by atoms with Crippen molar-refractivity contribution in [2.24, 2.45) is 0 Å². The highest BCUT2D eigenvalue weighted by molar-refractivity contribution is 7.20. The van der Waals surface area contributed by atoms with Gasteiger partial charge in [-0.15, -0.1) is 0 Å². The lowest BCUT2D eigenvalue weighted by Crippen LogP contribution is -2.39. The SMILES string of the molecule is CCCn1c(=O)c2c(C(F)F)c(OC(=O)O)sc2n(CC)c1=O. The summed E-state index contributed by atoms with van der Waals surface area (Å²) in [4.78, 5) is 35.4. The lowest BCUT2D eigenvalue weighted by molar-refractivity contribution is 0.134. The summed E-state index contributed by atoms with van der Waals surface area (Å²) in [5, 5.41) is 7.72. The van der Waals surface area contributed by atoms with E-state index in [0.29, 0.717) is 17.8 Å². The van der Waals surface area contributed by atoms with Crippen LogP contribution in [0.1, 0.15) is 32.3 Å². The first-order valence-electron chi connectivity index (χ1n) is 6.82. The van der Waals surface area contributed by atoms with E-state index in [1.54, 1.807) is 13.8 Å². The van der Waals surface area contributed by atoms with Crippen molar-refractivity contribution in [3.8, 4) is 5.06 Å². The Balaban J connectivity index is 2.98. The van der Waals surface area contributed by atoms with E-state index in [2.05, 4.69) is 4.74 Å². The Morgan fingerprint density at radius 1 is 1.30 bits per heavy atom. The molecule has 2 rings (SSSR count). The van der Waals surface area contributed by atoms with Crippen LogP contribution >= 0.6 is 11.3 Å². The van der Waals surface area contributed by atoms with Crippen molar-refractivity contribution in [3.63, 3.8) is 0 Å². The highest BCUT2D eigenvalue weighted by atomic mass is 32.1. The van der Waals surface area contributed by atoms with E-state index in [1.807, 2.05) is 0 Å². The molecular formula is C13H14F2N2O5S. The van der Waals surface area contributed by atoms with Gasteiger partial charge in [-0.1, -0.05) is 18.3 Å². The van der Waals surface area contributed by atoms with Crippen molar-refractivity contribution in [1.82, 2.24) is 9.13 Å². The van der Waals surface area contributed by atoms with Crippen molar-refractivity contribution in [1.29, 1.82) is 0 Å². The number of aromatic nitrogens is 2. The van der Waals surface area contributed by atoms with Crippen LogP contribution in [0.5, 0.6) is 5.06 Å². The summed E-state index contributed by atoms with van der Waals surface area (Å²) >= 11 is 0.553. The molecule has 0 radical (unpaired) electrons. The minimum absolute atomic E-state index is 0.0126. The summed E-state index contributed by atoms with van der Waals surface area (Å²) in [6.07, 6.45) is -4.40. The number of aryl methyl sites for hydroxylation is 1. The number of rotatable bonds is 5. The van der Waals surface area contributed by atoms with Gasteiger partial charge in [0.15, 0.2) is 5.06 Å². The van der Waals surface area contributed by atoms with Crippen LogP contribution in [0.15, 0.2) is 9.59 Å². The molecule has 0 fully saturated rings. The Morgan fingerprint density at radius 3 is 2.43 bits per heavy atom. The van der Waals surface area contributed by atoms with E-state index in [1.165, 1.54) is 0 Å². The number of carboxylic acid groups (broad SMARTS) is 1. The van der Waals surface area contributed by atoms with Crippen molar-refractivity contribution in [2.45, 2.75) is 39.8 Å². The van der Waals surface area contributed by atoms with Gasteiger partial charge in [0.05, 0.1) is 10.9 Å². The standard InChI is InChI=1S/C13H14F2N2O5S/c1-3-5-17-9(18)7-6(8(14)15)11(22-13(20)21)23-10(7)16(4-2)12(17)19/h8H,3-5H2,1-2H3,(H,20,21). The summed E-state index contributed by atoms with van der Waals surface area (Å²) in [6, 6.07) is 0. The van der Waals surface area contributed by atoms with E-state index < -0.39 is 34.5 Å². The van der Waals surface area contributed by atoms with Gasteiger partial charge >= 0.3 is 11.8 Å².